The number of aromatic nitrogens is 5. The van der Waals surface area contributed by atoms with E-state index in [4.69, 9.17) is 0 Å². The summed E-state index contributed by atoms with van der Waals surface area (Å²) in [5, 5.41) is 10.9. The van der Waals surface area contributed by atoms with E-state index in [0.29, 0.717) is 11.3 Å². The Balaban J connectivity index is 1.72. The van der Waals surface area contributed by atoms with Crippen molar-refractivity contribution in [2.45, 2.75) is 6.92 Å². The fraction of sp³-hybridized carbons (Fsp3) is 0.0588. The number of carbonyl (C=O) groups excluding carboxylic acids is 1. The van der Waals surface area contributed by atoms with Crippen LogP contribution in [-0.4, -0.2) is 30.3 Å². The number of amides is 1. The number of benzene rings is 1. The number of nitrogens with one attached hydrogen (secondary N) is 1. The van der Waals surface area contributed by atoms with E-state index in [2.05, 4.69) is 20.5 Å². The van der Waals surface area contributed by atoms with E-state index < -0.39 is 17.5 Å². The van der Waals surface area contributed by atoms with E-state index in [0.717, 1.165) is 12.1 Å². The van der Waals surface area contributed by atoms with E-state index in [9.17, 15) is 13.6 Å². The second-order valence-electron chi connectivity index (χ2n) is 5.58. The van der Waals surface area contributed by atoms with Gasteiger partial charge in [0.2, 0.25) is 0 Å². The maximum atomic E-state index is 14.1. The predicted octanol–water partition coefficient (Wildman–Crippen LogP) is 2.75. The van der Waals surface area contributed by atoms with Gasteiger partial charge in [-0.3, -0.25) is 4.79 Å². The summed E-state index contributed by atoms with van der Waals surface area (Å²) in [5.41, 5.74) is 1.23. The molecule has 1 N–H and O–H groups in total. The van der Waals surface area contributed by atoms with E-state index in [1.165, 1.54) is 21.5 Å². The van der Waals surface area contributed by atoms with Crippen LogP contribution in [0.3, 0.4) is 0 Å². The molecule has 0 spiro atoms. The van der Waals surface area contributed by atoms with Gasteiger partial charge in [0.15, 0.2) is 11.5 Å². The summed E-state index contributed by atoms with van der Waals surface area (Å²) in [6.07, 6.45) is 4.61. The largest absolute Gasteiger partial charge is 0.306 e. The van der Waals surface area contributed by atoms with Crippen molar-refractivity contribution in [2.24, 2.45) is 0 Å². The van der Waals surface area contributed by atoms with Gasteiger partial charge in [-0.25, -0.2) is 23.0 Å². The minimum atomic E-state index is -0.791. The Morgan fingerprint density at radius 2 is 2.08 bits per heavy atom. The van der Waals surface area contributed by atoms with Crippen LogP contribution in [0, 0.1) is 18.6 Å². The second kappa shape index (κ2) is 6.03. The third kappa shape index (κ3) is 2.69. The van der Waals surface area contributed by atoms with Crippen LogP contribution in [0.1, 0.15) is 16.1 Å². The van der Waals surface area contributed by atoms with E-state index in [-0.39, 0.29) is 17.1 Å². The first-order valence-electron chi connectivity index (χ1n) is 7.65. The van der Waals surface area contributed by atoms with Gasteiger partial charge < -0.3 is 5.32 Å². The Morgan fingerprint density at radius 3 is 2.88 bits per heavy atom. The highest BCUT2D eigenvalue weighted by Crippen LogP contribution is 2.21. The van der Waals surface area contributed by atoms with Crippen molar-refractivity contribution in [3.8, 4) is 5.69 Å². The van der Waals surface area contributed by atoms with Gasteiger partial charge in [-0.1, -0.05) is 0 Å². The molecule has 7 nitrogen and oxygen atoms in total. The lowest BCUT2D eigenvalue weighted by atomic mass is 10.3. The summed E-state index contributed by atoms with van der Waals surface area (Å²) >= 11 is 0. The second-order valence-corrected chi connectivity index (χ2v) is 5.58. The highest BCUT2D eigenvalue weighted by Gasteiger charge is 2.18. The van der Waals surface area contributed by atoms with Crippen molar-refractivity contribution >= 4 is 17.4 Å². The molecule has 0 bridgehead atoms. The van der Waals surface area contributed by atoms with Gasteiger partial charge in [-0.2, -0.15) is 10.2 Å². The van der Waals surface area contributed by atoms with Crippen LogP contribution in [0.2, 0.25) is 0 Å². The van der Waals surface area contributed by atoms with Crippen molar-refractivity contribution < 1.29 is 13.6 Å². The van der Waals surface area contributed by atoms with Gasteiger partial charge >= 0.3 is 0 Å². The van der Waals surface area contributed by atoms with Gasteiger partial charge in [0.1, 0.15) is 22.9 Å². The van der Waals surface area contributed by atoms with Crippen molar-refractivity contribution in [3.05, 3.63) is 71.8 Å². The van der Waals surface area contributed by atoms with Crippen molar-refractivity contribution in [3.63, 3.8) is 0 Å². The number of hydrogen-bond acceptors (Lipinski definition) is 4. The van der Waals surface area contributed by atoms with Gasteiger partial charge in [-0.15, -0.1) is 0 Å². The number of halogens is 2. The summed E-state index contributed by atoms with van der Waals surface area (Å²) in [6, 6.07) is 6.41. The minimum Gasteiger partial charge on any atom is -0.306 e. The molecule has 0 unspecified atom stereocenters. The number of nitrogens with zero attached hydrogens (tertiary/aromatic N) is 5. The van der Waals surface area contributed by atoms with Crippen molar-refractivity contribution in [1.82, 2.24) is 24.4 Å². The molecule has 130 valence electrons. The first kappa shape index (κ1) is 15.9. The van der Waals surface area contributed by atoms with Crippen LogP contribution < -0.4 is 5.32 Å². The fourth-order valence-electron chi connectivity index (χ4n) is 2.60. The Bertz CT molecular complexity index is 1130. The molecule has 4 rings (SSSR count). The van der Waals surface area contributed by atoms with Gasteiger partial charge in [0.05, 0.1) is 11.9 Å². The molecule has 0 fully saturated rings. The third-order valence-electron chi connectivity index (χ3n) is 3.73. The molecule has 1 aromatic carbocycles. The lowest BCUT2D eigenvalue weighted by Crippen LogP contribution is -2.15. The third-order valence-corrected chi connectivity index (χ3v) is 3.73. The normalized spacial score (nSPS) is 11.0. The summed E-state index contributed by atoms with van der Waals surface area (Å²) in [5.74, 6) is -1.71. The zero-order valence-electron chi connectivity index (χ0n) is 13.5. The van der Waals surface area contributed by atoms with Crippen LogP contribution in [0.25, 0.3) is 11.3 Å². The first-order chi connectivity index (χ1) is 12.5. The van der Waals surface area contributed by atoms with Crippen LogP contribution in [0.5, 0.6) is 0 Å². The standard InChI is InChI=1S/C17H12F2N6O/c1-10-7-15(25(23-10)14-4-3-11(18)8-13(14)19)22-17(26)12-9-21-24-6-2-5-20-16(12)24/h2-9H,1H3,(H,22,26). The Hall–Kier alpha value is -3.62. The zero-order valence-corrected chi connectivity index (χ0v) is 13.5. The molecule has 0 saturated carbocycles. The maximum Gasteiger partial charge on any atom is 0.262 e. The smallest absolute Gasteiger partial charge is 0.262 e. The van der Waals surface area contributed by atoms with Gasteiger partial charge in [0.25, 0.3) is 5.91 Å². The number of carbonyl (C=O) groups is 1. The summed E-state index contributed by atoms with van der Waals surface area (Å²) in [6.45, 7) is 1.70. The van der Waals surface area contributed by atoms with Crippen LogP contribution in [0.4, 0.5) is 14.6 Å². The van der Waals surface area contributed by atoms with Crippen LogP contribution in [-0.2, 0) is 0 Å². The summed E-state index contributed by atoms with van der Waals surface area (Å²) in [4.78, 5) is 16.8. The minimum absolute atomic E-state index is 0.0211. The Kier molecular flexibility index (Phi) is 3.68. The maximum absolute atomic E-state index is 14.1. The van der Waals surface area contributed by atoms with Crippen molar-refractivity contribution in [2.75, 3.05) is 5.32 Å². The lowest BCUT2D eigenvalue weighted by Gasteiger charge is -2.09. The average molecular weight is 354 g/mol. The topological polar surface area (TPSA) is 77.1 Å². The molecular weight excluding hydrogens is 342 g/mol. The number of aryl methyl sites for hydroxylation is 1. The highest BCUT2D eigenvalue weighted by atomic mass is 19.1. The van der Waals surface area contributed by atoms with Gasteiger partial charge in [-0.05, 0) is 25.1 Å². The molecular formula is C17H12F2N6O. The van der Waals surface area contributed by atoms with E-state index in [1.54, 1.807) is 31.5 Å². The molecule has 0 aliphatic heterocycles. The molecule has 3 aromatic heterocycles. The molecule has 9 heteroatoms. The molecule has 0 atom stereocenters. The van der Waals surface area contributed by atoms with Crippen LogP contribution >= 0.6 is 0 Å². The lowest BCUT2D eigenvalue weighted by molar-refractivity contribution is 0.102. The van der Waals surface area contributed by atoms with Crippen LogP contribution in [0.15, 0.2) is 48.9 Å². The number of rotatable bonds is 3. The predicted molar refractivity (Wildman–Crippen MR) is 89.2 cm³/mol. The summed E-state index contributed by atoms with van der Waals surface area (Å²) < 4.78 is 29.9. The molecule has 0 aliphatic carbocycles. The van der Waals surface area contributed by atoms with Gasteiger partial charge in [0, 0.05) is 24.5 Å². The average Bonchev–Trinajstić information content (AvgIpc) is 3.18. The first-order valence-corrected chi connectivity index (χ1v) is 7.65. The highest BCUT2D eigenvalue weighted by molar-refractivity contribution is 6.07. The monoisotopic (exact) mass is 354 g/mol. The zero-order chi connectivity index (χ0) is 18.3. The molecule has 0 aliphatic rings. The molecule has 3 heterocycles. The number of hydrogen-bond donors (Lipinski definition) is 1. The molecule has 1 amide bonds. The van der Waals surface area contributed by atoms with Crippen molar-refractivity contribution in [1.29, 1.82) is 0 Å². The Labute approximate surface area is 145 Å². The quantitative estimate of drug-likeness (QED) is 0.614. The number of anilines is 1. The van der Waals surface area contributed by atoms with E-state index >= 15 is 0 Å². The number of fused-ring (bicyclic) bond motifs is 1. The SMILES string of the molecule is Cc1cc(NC(=O)c2cnn3cccnc23)n(-c2ccc(F)cc2F)n1. The molecule has 0 saturated heterocycles. The molecule has 0 radical (unpaired) electrons. The molecule has 4 aromatic rings. The summed E-state index contributed by atoms with van der Waals surface area (Å²) in [7, 11) is 0. The fourth-order valence-corrected chi connectivity index (χ4v) is 2.60. The van der Waals surface area contributed by atoms with E-state index in [1.807, 2.05) is 0 Å². The molecule has 26 heavy (non-hydrogen) atoms. The Morgan fingerprint density at radius 1 is 1.23 bits per heavy atom.